The number of carbonyl (C=O) groups is 1. The molecular formula is C9H7F4NO4. The van der Waals surface area contributed by atoms with E-state index in [2.05, 4.69) is 4.74 Å². The number of aliphatic carboxylic acids is 1. The summed E-state index contributed by atoms with van der Waals surface area (Å²) in [7, 11) is 0. The molecule has 0 aliphatic heterocycles. The minimum atomic E-state index is -5.10. The maximum Gasteiger partial charge on any atom is 0.573 e. The smallest absolute Gasteiger partial charge is 0.481 e. The molecule has 1 aromatic heterocycles. The van der Waals surface area contributed by atoms with Gasteiger partial charge in [-0.3, -0.25) is 9.59 Å². The van der Waals surface area contributed by atoms with Crippen LogP contribution in [0, 0.1) is 0 Å². The van der Waals surface area contributed by atoms with Crippen LogP contribution >= 0.6 is 0 Å². The second kappa shape index (κ2) is 5.07. The second-order valence-electron chi connectivity index (χ2n) is 3.21. The number of rotatable bonds is 4. The van der Waals surface area contributed by atoms with Gasteiger partial charge < -0.3 is 14.8 Å². The highest BCUT2D eigenvalue weighted by molar-refractivity contribution is 5.70. The maximum atomic E-state index is 12.6. The SMILES string of the molecule is O=C(O)Cc1[nH]c(=O)cc(OC(F)(F)F)c1CF. The summed E-state index contributed by atoms with van der Waals surface area (Å²) in [6, 6.07) is 0.410. The molecule has 0 spiro atoms. The molecule has 100 valence electrons. The van der Waals surface area contributed by atoms with Crippen LogP contribution < -0.4 is 10.3 Å². The van der Waals surface area contributed by atoms with E-state index >= 15 is 0 Å². The fourth-order valence-corrected chi connectivity index (χ4v) is 1.28. The number of carboxylic acid groups (broad SMARTS) is 1. The number of pyridine rings is 1. The molecule has 1 rings (SSSR count). The molecule has 2 N–H and O–H groups in total. The molecule has 5 nitrogen and oxygen atoms in total. The first-order valence-corrected chi connectivity index (χ1v) is 4.51. The van der Waals surface area contributed by atoms with Gasteiger partial charge in [-0.2, -0.15) is 0 Å². The van der Waals surface area contributed by atoms with E-state index < -0.39 is 48.0 Å². The van der Waals surface area contributed by atoms with E-state index in [0.717, 1.165) is 0 Å². The number of hydrogen-bond donors (Lipinski definition) is 2. The van der Waals surface area contributed by atoms with Crippen molar-refractivity contribution < 1.29 is 32.2 Å². The molecule has 0 aromatic carbocycles. The Labute approximate surface area is 97.0 Å². The zero-order chi connectivity index (χ0) is 13.9. The van der Waals surface area contributed by atoms with Crippen molar-refractivity contribution in [3.63, 3.8) is 0 Å². The molecule has 1 heterocycles. The van der Waals surface area contributed by atoms with Gasteiger partial charge in [0.2, 0.25) is 0 Å². The van der Waals surface area contributed by atoms with Gasteiger partial charge in [-0.1, -0.05) is 0 Å². The molecule has 0 fully saturated rings. The first-order valence-electron chi connectivity index (χ1n) is 4.51. The molecule has 0 bridgehead atoms. The zero-order valence-corrected chi connectivity index (χ0v) is 8.68. The van der Waals surface area contributed by atoms with E-state index in [9.17, 15) is 27.2 Å². The van der Waals surface area contributed by atoms with Crippen LogP contribution in [0.3, 0.4) is 0 Å². The molecule has 1 aromatic rings. The second-order valence-corrected chi connectivity index (χ2v) is 3.21. The summed E-state index contributed by atoms with van der Waals surface area (Å²) in [4.78, 5) is 23.4. The van der Waals surface area contributed by atoms with Gasteiger partial charge >= 0.3 is 12.3 Å². The van der Waals surface area contributed by atoms with Crippen LogP contribution in [0.25, 0.3) is 0 Å². The lowest BCUT2D eigenvalue weighted by atomic mass is 10.1. The highest BCUT2D eigenvalue weighted by Gasteiger charge is 2.33. The topological polar surface area (TPSA) is 79.4 Å². The third-order valence-corrected chi connectivity index (χ3v) is 1.89. The number of nitrogens with one attached hydrogen (secondary N) is 1. The Morgan fingerprint density at radius 1 is 1.44 bits per heavy atom. The van der Waals surface area contributed by atoms with Gasteiger partial charge in [0.15, 0.2) is 0 Å². The van der Waals surface area contributed by atoms with Crippen molar-refractivity contribution in [2.45, 2.75) is 19.5 Å². The highest BCUT2D eigenvalue weighted by Crippen LogP contribution is 2.27. The monoisotopic (exact) mass is 269 g/mol. The lowest BCUT2D eigenvalue weighted by Crippen LogP contribution is -2.22. The largest absolute Gasteiger partial charge is 0.573 e. The number of halogens is 4. The molecule has 0 aliphatic carbocycles. The Bertz CT molecular complexity index is 508. The fraction of sp³-hybridized carbons (Fsp3) is 0.333. The summed E-state index contributed by atoms with van der Waals surface area (Å²) in [5, 5.41) is 8.49. The van der Waals surface area contributed by atoms with E-state index in [1.807, 2.05) is 4.98 Å². The van der Waals surface area contributed by atoms with Crippen LogP contribution in [-0.2, 0) is 17.9 Å². The Balaban J connectivity index is 3.28. The highest BCUT2D eigenvalue weighted by atomic mass is 19.4. The average Bonchev–Trinajstić information content (AvgIpc) is 2.13. The standard InChI is InChI=1S/C9H7F4NO4/c10-3-4-5(1-8(16)17)14-7(15)2-6(4)18-9(11,12)13/h2H,1,3H2,(H,14,15)(H,16,17). The summed E-state index contributed by atoms with van der Waals surface area (Å²) < 4.78 is 52.1. The van der Waals surface area contributed by atoms with Crippen molar-refractivity contribution in [3.8, 4) is 5.75 Å². The van der Waals surface area contributed by atoms with Crippen molar-refractivity contribution in [2.24, 2.45) is 0 Å². The van der Waals surface area contributed by atoms with Gasteiger partial charge in [-0.05, 0) is 0 Å². The molecule has 0 amide bonds. The molecule has 0 saturated heterocycles. The Hall–Kier alpha value is -2.06. The van der Waals surface area contributed by atoms with Gasteiger partial charge in [0.1, 0.15) is 12.4 Å². The summed E-state index contributed by atoms with van der Waals surface area (Å²) >= 11 is 0. The molecular weight excluding hydrogens is 262 g/mol. The Morgan fingerprint density at radius 2 is 2.06 bits per heavy atom. The van der Waals surface area contributed by atoms with E-state index in [-0.39, 0.29) is 0 Å². The van der Waals surface area contributed by atoms with Crippen LogP contribution in [0.2, 0.25) is 0 Å². The van der Waals surface area contributed by atoms with Crippen LogP contribution in [-0.4, -0.2) is 22.4 Å². The average molecular weight is 269 g/mol. The minimum Gasteiger partial charge on any atom is -0.481 e. The van der Waals surface area contributed by atoms with Crippen molar-refractivity contribution in [1.82, 2.24) is 4.98 Å². The minimum absolute atomic E-state index is 0.410. The molecule has 0 saturated carbocycles. The number of aromatic amines is 1. The van der Waals surface area contributed by atoms with Crippen molar-refractivity contribution in [2.75, 3.05) is 0 Å². The summed E-state index contributed by atoms with van der Waals surface area (Å²) in [6.45, 7) is -1.40. The van der Waals surface area contributed by atoms with Crippen molar-refractivity contribution in [1.29, 1.82) is 0 Å². The normalized spacial score (nSPS) is 11.3. The number of carboxylic acids is 1. The lowest BCUT2D eigenvalue weighted by Gasteiger charge is -2.13. The fourth-order valence-electron chi connectivity index (χ4n) is 1.28. The summed E-state index contributed by atoms with van der Waals surface area (Å²) in [5.74, 6) is -2.46. The van der Waals surface area contributed by atoms with Crippen LogP contribution in [0.1, 0.15) is 11.3 Å². The summed E-state index contributed by atoms with van der Waals surface area (Å²) in [6.07, 6.45) is -5.91. The van der Waals surface area contributed by atoms with E-state index in [4.69, 9.17) is 5.11 Å². The van der Waals surface area contributed by atoms with Crippen LogP contribution in [0.4, 0.5) is 17.6 Å². The number of aromatic nitrogens is 1. The van der Waals surface area contributed by atoms with Crippen LogP contribution in [0.5, 0.6) is 5.75 Å². The van der Waals surface area contributed by atoms with Crippen molar-refractivity contribution >= 4 is 5.97 Å². The quantitative estimate of drug-likeness (QED) is 0.809. The lowest BCUT2D eigenvalue weighted by molar-refractivity contribution is -0.275. The molecule has 0 aliphatic rings. The van der Waals surface area contributed by atoms with E-state index in [1.165, 1.54) is 0 Å². The zero-order valence-electron chi connectivity index (χ0n) is 8.68. The first-order chi connectivity index (χ1) is 8.23. The molecule has 0 unspecified atom stereocenters. The van der Waals surface area contributed by atoms with Gasteiger partial charge in [-0.15, -0.1) is 13.2 Å². The molecule has 0 radical (unpaired) electrons. The van der Waals surface area contributed by atoms with E-state index in [0.29, 0.717) is 6.07 Å². The molecule has 0 atom stereocenters. The van der Waals surface area contributed by atoms with Gasteiger partial charge in [-0.25, -0.2) is 4.39 Å². The van der Waals surface area contributed by atoms with Gasteiger partial charge in [0.05, 0.1) is 6.42 Å². The number of H-pyrrole nitrogens is 1. The summed E-state index contributed by atoms with van der Waals surface area (Å²) in [5.41, 5.74) is -2.12. The number of ether oxygens (including phenoxy) is 1. The van der Waals surface area contributed by atoms with Crippen LogP contribution in [0.15, 0.2) is 10.9 Å². The van der Waals surface area contributed by atoms with Crippen molar-refractivity contribution in [3.05, 3.63) is 27.7 Å². The maximum absolute atomic E-state index is 12.6. The third-order valence-electron chi connectivity index (χ3n) is 1.89. The Morgan fingerprint density at radius 3 is 2.50 bits per heavy atom. The number of hydrogen-bond acceptors (Lipinski definition) is 3. The van der Waals surface area contributed by atoms with E-state index in [1.54, 1.807) is 0 Å². The number of alkyl halides is 4. The molecule has 9 heteroatoms. The Kier molecular flexibility index (Phi) is 3.94. The molecule has 18 heavy (non-hydrogen) atoms. The predicted molar refractivity (Wildman–Crippen MR) is 49.9 cm³/mol. The predicted octanol–water partition coefficient (Wildman–Crippen LogP) is 1.37. The van der Waals surface area contributed by atoms with Gasteiger partial charge in [0.25, 0.3) is 5.56 Å². The third kappa shape index (κ3) is 3.75. The first kappa shape index (κ1) is 14.0. The van der Waals surface area contributed by atoms with Gasteiger partial charge in [0, 0.05) is 17.3 Å².